The van der Waals surface area contributed by atoms with Crippen molar-refractivity contribution in [3.8, 4) is 5.75 Å². The maximum Gasteiger partial charge on any atom is 0.319 e. The molecule has 0 saturated heterocycles. The first-order valence-electron chi connectivity index (χ1n) is 4.98. The van der Waals surface area contributed by atoms with Crippen molar-refractivity contribution in [2.24, 2.45) is 5.73 Å². The smallest absolute Gasteiger partial charge is 0.319 e. The Morgan fingerprint density at radius 3 is 2.33 bits per heavy atom. The van der Waals surface area contributed by atoms with Crippen LogP contribution in [0.25, 0.3) is 0 Å². The van der Waals surface area contributed by atoms with Gasteiger partial charge < -0.3 is 10.5 Å². The highest BCUT2D eigenvalue weighted by molar-refractivity contribution is 5.90. The van der Waals surface area contributed by atoms with E-state index in [1.54, 1.807) is 0 Å². The van der Waals surface area contributed by atoms with E-state index in [-0.39, 0.29) is 0 Å². The summed E-state index contributed by atoms with van der Waals surface area (Å²) in [7, 11) is 0. The molecule has 1 rings (SSSR count). The normalized spacial score (nSPS) is 9.73. The zero-order chi connectivity index (χ0) is 11.3. The average molecular weight is 208 g/mol. The van der Waals surface area contributed by atoms with Crippen LogP contribution in [0.1, 0.15) is 13.8 Å². The third kappa shape index (κ3) is 2.87. The van der Waals surface area contributed by atoms with Crippen molar-refractivity contribution in [2.45, 2.75) is 13.8 Å². The van der Waals surface area contributed by atoms with Crippen LogP contribution in [-0.4, -0.2) is 19.2 Å². The fourth-order valence-electron chi connectivity index (χ4n) is 1.35. The number of ether oxygens (including phenoxy) is 1. The largest absolute Gasteiger partial charge is 0.494 e. The maximum atomic E-state index is 11.1. The van der Waals surface area contributed by atoms with Crippen molar-refractivity contribution in [3.05, 3.63) is 24.3 Å². The predicted octanol–water partition coefficient (Wildman–Crippen LogP) is 1.99. The van der Waals surface area contributed by atoms with E-state index in [2.05, 4.69) is 0 Å². The molecule has 0 aromatic heterocycles. The summed E-state index contributed by atoms with van der Waals surface area (Å²) in [5, 5.41) is 0. The number of carbonyl (C=O) groups is 1. The molecule has 4 nitrogen and oxygen atoms in total. The minimum absolute atomic E-state index is 0.443. The number of rotatable bonds is 4. The predicted molar refractivity (Wildman–Crippen MR) is 60.2 cm³/mol. The summed E-state index contributed by atoms with van der Waals surface area (Å²) in [6.07, 6.45) is 0. The molecule has 0 aliphatic heterocycles. The van der Waals surface area contributed by atoms with Crippen molar-refractivity contribution < 1.29 is 9.53 Å². The Labute approximate surface area is 89.6 Å². The summed E-state index contributed by atoms with van der Waals surface area (Å²) in [6.45, 7) is 4.99. The van der Waals surface area contributed by atoms with Gasteiger partial charge in [0.25, 0.3) is 0 Å². The third-order valence-electron chi connectivity index (χ3n) is 2.04. The zero-order valence-electron chi connectivity index (χ0n) is 9.06. The minimum atomic E-state index is -0.443. The van der Waals surface area contributed by atoms with Crippen LogP contribution in [0, 0.1) is 0 Å². The van der Waals surface area contributed by atoms with Gasteiger partial charge in [-0.05, 0) is 38.1 Å². The summed E-state index contributed by atoms with van der Waals surface area (Å²) < 4.78 is 5.30. The molecule has 0 spiro atoms. The number of nitrogens with two attached hydrogens (primary N) is 1. The van der Waals surface area contributed by atoms with Gasteiger partial charge in [0.05, 0.1) is 6.61 Å². The van der Waals surface area contributed by atoms with Crippen LogP contribution in [0.4, 0.5) is 10.5 Å². The van der Waals surface area contributed by atoms with Crippen molar-refractivity contribution in [1.29, 1.82) is 0 Å². The van der Waals surface area contributed by atoms with Gasteiger partial charge in [0, 0.05) is 12.2 Å². The number of carbonyl (C=O) groups excluding carboxylic acids is 1. The molecule has 1 aromatic rings. The quantitative estimate of drug-likeness (QED) is 0.822. The highest BCUT2D eigenvalue weighted by Gasteiger charge is 2.09. The lowest BCUT2D eigenvalue weighted by Crippen LogP contribution is -2.35. The number of amides is 2. The van der Waals surface area contributed by atoms with Gasteiger partial charge >= 0.3 is 6.03 Å². The molecule has 0 heterocycles. The number of nitrogens with zero attached hydrogens (tertiary/aromatic N) is 1. The van der Waals surface area contributed by atoms with E-state index in [9.17, 15) is 4.79 Å². The molecule has 82 valence electrons. The lowest BCUT2D eigenvalue weighted by molar-refractivity contribution is 0.254. The Morgan fingerprint density at radius 1 is 1.33 bits per heavy atom. The number of hydrogen-bond donors (Lipinski definition) is 1. The molecular formula is C11H16N2O2. The number of primary amides is 1. The maximum absolute atomic E-state index is 11.1. The molecule has 0 unspecified atom stereocenters. The molecule has 4 heteroatoms. The topological polar surface area (TPSA) is 55.6 Å². The lowest BCUT2D eigenvalue weighted by atomic mass is 10.3. The standard InChI is InChI=1S/C11H16N2O2/c1-3-13(11(12)14)9-5-7-10(8-6-9)15-4-2/h5-8H,3-4H2,1-2H3,(H2,12,14). The highest BCUT2D eigenvalue weighted by Crippen LogP contribution is 2.19. The Bertz CT molecular complexity index is 322. The fourth-order valence-corrected chi connectivity index (χ4v) is 1.35. The molecule has 2 N–H and O–H groups in total. The third-order valence-corrected chi connectivity index (χ3v) is 2.04. The molecular weight excluding hydrogens is 192 g/mol. The average Bonchev–Trinajstić information content (AvgIpc) is 2.21. The second kappa shape index (κ2) is 5.24. The first-order valence-corrected chi connectivity index (χ1v) is 4.98. The van der Waals surface area contributed by atoms with Crippen molar-refractivity contribution in [1.82, 2.24) is 0 Å². The van der Waals surface area contributed by atoms with Crippen LogP contribution in [0.5, 0.6) is 5.75 Å². The molecule has 0 saturated carbocycles. The van der Waals surface area contributed by atoms with Crippen LogP contribution < -0.4 is 15.4 Å². The van der Waals surface area contributed by atoms with Gasteiger partial charge in [0.2, 0.25) is 0 Å². The minimum Gasteiger partial charge on any atom is -0.494 e. The van der Waals surface area contributed by atoms with Crippen LogP contribution in [0.2, 0.25) is 0 Å². The first-order chi connectivity index (χ1) is 7.19. The van der Waals surface area contributed by atoms with Crippen molar-refractivity contribution >= 4 is 11.7 Å². The summed E-state index contributed by atoms with van der Waals surface area (Å²) in [5.74, 6) is 0.793. The SMILES string of the molecule is CCOc1ccc(N(CC)C(N)=O)cc1. The van der Waals surface area contributed by atoms with E-state index in [0.717, 1.165) is 11.4 Å². The second-order valence-electron chi connectivity index (χ2n) is 3.01. The summed E-state index contributed by atoms with van der Waals surface area (Å²) in [4.78, 5) is 12.6. The lowest BCUT2D eigenvalue weighted by Gasteiger charge is -2.18. The van der Waals surface area contributed by atoms with Gasteiger partial charge in [-0.15, -0.1) is 0 Å². The van der Waals surface area contributed by atoms with E-state index in [0.29, 0.717) is 13.2 Å². The van der Waals surface area contributed by atoms with Gasteiger partial charge in [-0.25, -0.2) is 4.79 Å². The Balaban J connectivity index is 2.82. The first kappa shape index (κ1) is 11.4. The van der Waals surface area contributed by atoms with Crippen LogP contribution in [0.15, 0.2) is 24.3 Å². The molecule has 0 aliphatic carbocycles. The molecule has 0 fully saturated rings. The molecule has 0 aliphatic rings. The molecule has 0 bridgehead atoms. The molecule has 2 amide bonds. The fraction of sp³-hybridized carbons (Fsp3) is 0.364. The van der Waals surface area contributed by atoms with Gasteiger partial charge in [-0.3, -0.25) is 4.90 Å². The molecule has 15 heavy (non-hydrogen) atoms. The summed E-state index contributed by atoms with van der Waals surface area (Å²) in [6, 6.07) is 6.84. The van der Waals surface area contributed by atoms with E-state index < -0.39 is 6.03 Å². The van der Waals surface area contributed by atoms with Crippen LogP contribution in [0.3, 0.4) is 0 Å². The second-order valence-corrected chi connectivity index (χ2v) is 3.01. The van der Waals surface area contributed by atoms with Gasteiger partial charge in [-0.1, -0.05) is 0 Å². The van der Waals surface area contributed by atoms with Gasteiger partial charge in [0.15, 0.2) is 0 Å². The van der Waals surface area contributed by atoms with Gasteiger partial charge in [-0.2, -0.15) is 0 Å². The number of hydrogen-bond acceptors (Lipinski definition) is 2. The van der Waals surface area contributed by atoms with Crippen LogP contribution in [-0.2, 0) is 0 Å². The zero-order valence-corrected chi connectivity index (χ0v) is 9.06. The van der Waals surface area contributed by atoms with Crippen molar-refractivity contribution in [2.75, 3.05) is 18.1 Å². The monoisotopic (exact) mass is 208 g/mol. The summed E-state index contributed by atoms with van der Waals surface area (Å²) in [5.41, 5.74) is 6.02. The van der Waals surface area contributed by atoms with Crippen LogP contribution >= 0.6 is 0 Å². The summed E-state index contributed by atoms with van der Waals surface area (Å²) >= 11 is 0. The highest BCUT2D eigenvalue weighted by atomic mass is 16.5. The van der Waals surface area contributed by atoms with E-state index in [4.69, 9.17) is 10.5 Å². The number of anilines is 1. The van der Waals surface area contributed by atoms with Crippen molar-refractivity contribution in [3.63, 3.8) is 0 Å². The van der Waals surface area contributed by atoms with Gasteiger partial charge in [0.1, 0.15) is 5.75 Å². The Hall–Kier alpha value is -1.71. The molecule has 0 radical (unpaired) electrons. The number of urea groups is 1. The Morgan fingerprint density at radius 2 is 1.93 bits per heavy atom. The van der Waals surface area contributed by atoms with E-state index in [1.807, 2.05) is 38.1 Å². The van der Waals surface area contributed by atoms with E-state index >= 15 is 0 Å². The Kier molecular flexibility index (Phi) is 3.97. The molecule has 1 aromatic carbocycles. The number of benzene rings is 1. The molecule has 0 atom stereocenters. The van der Waals surface area contributed by atoms with E-state index in [1.165, 1.54) is 4.90 Å².